The molecule has 1 fully saturated rings. The van der Waals surface area contributed by atoms with Crippen LogP contribution in [-0.2, 0) is 9.05 Å². The summed E-state index contributed by atoms with van der Waals surface area (Å²) in [4.78, 5) is 12.0. The van der Waals surface area contributed by atoms with Crippen LogP contribution in [-0.4, -0.2) is 19.9 Å². The van der Waals surface area contributed by atoms with Gasteiger partial charge >= 0.3 is 0 Å². The van der Waals surface area contributed by atoms with Crippen LogP contribution < -0.4 is 5.32 Å². The van der Waals surface area contributed by atoms with Crippen LogP contribution in [0.4, 0.5) is 0 Å². The Morgan fingerprint density at radius 2 is 1.90 bits per heavy atom. The molecule has 0 radical (unpaired) electrons. The van der Waals surface area contributed by atoms with Crippen LogP contribution in [0.15, 0.2) is 23.1 Å². The molecule has 1 aromatic carbocycles. The maximum atomic E-state index is 12.2. The van der Waals surface area contributed by atoms with Crippen molar-refractivity contribution in [2.75, 3.05) is 0 Å². The second-order valence-electron chi connectivity index (χ2n) is 5.30. The van der Waals surface area contributed by atoms with Crippen molar-refractivity contribution in [3.05, 3.63) is 28.8 Å². The zero-order valence-electron chi connectivity index (χ0n) is 10.9. The number of hydrogen-bond acceptors (Lipinski definition) is 3. The molecule has 0 saturated heterocycles. The van der Waals surface area contributed by atoms with E-state index in [9.17, 15) is 13.2 Å². The molecule has 1 aliphatic carbocycles. The average molecular weight is 336 g/mol. The van der Waals surface area contributed by atoms with E-state index in [1.165, 1.54) is 18.2 Å². The maximum Gasteiger partial charge on any atom is 0.262 e. The smallest absolute Gasteiger partial charge is 0.262 e. The molecule has 0 spiro atoms. The van der Waals surface area contributed by atoms with E-state index in [1.54, 1.807) is 0 Å². The highest BCUT2D eigenvalue weighted by atomic mass is 35.7. The minimum absolute atomic E-state index is 0.00336. The number of carbonyl (C=O) groups excluding carboxylic acids is 1. The predicted molar refractivity (Wildman–Crippen MR) is 78.8 cm³/mol. The molecule has 0 atom stereocenters. The highest BCUT2D eigenvalue weighted by molar-refractivity contribution is 8.13. The standard InChI is InChI=1S/C13H15Cl2NO3S/c1-13(6-2-3-7-13)16-12(17)9-4-5-10(14)11(8-9)20(15,18)19/h4-5,8H,2-3,6-7H2,1H3,(H,16,17). The third-order valence-corrected chi connectivity index (χ3v) is 5.38. The van der Waals surface area contributed by atoms with Crippen molar-refractivity contribution in [2.45, 2.75) is 43.0 Å². The van der Waals surface area contributed by atoms with E-state index >= 15 is 0 Å². The normalized spacial score (nSPS) is 17.9. The Morgan fingerprint density at radius 3 is 2.45 bits per heavy atom. The number of rotatable bonds is 3. The molecular weight excluding hydrogens is 321 g/mol. The van der Waals surface area contributed by atoms with Crippen molar-refractivity contribution in [2.24, 2.45) is 0 Å². The Morgan fingerprint density at radius 1 is 1.30 bits per heavy atom. The van der Waals surface area contributed by atoms with Gasteiger partial charge in [0.05, 0.1) is 5.02 Å². The Hall–Kier alpha value is -0.780. The molecular formula is C13H15Cl2NO3S. The lowest BCUT2D eigenvalue weighted by Crippen LogP contribution is -2.43. The largest absolute Gasteiger partial charge is 0.347 e. The molecule has 0 bridgehead atoms. The number of nitrogens with one attached hydrogen (secondary N) is 1. The Bertz CT molecular complexity index is 637. The second-order valence-corrected chi connectivity index (χ2v) is 8.25. The van der Waals surface area contributed by atoms with Crippen molar-refractivity contribution in [3.8, 4) is 0 Å². The van der Waals surface area contributed by atoms with E-state index in [-0.39, 0.29) is 26.9 Å². The summed E-state index contributed by atoms with van der Waals surface area (Å²) < 4.78 is 22.8. The summed E-state index contributed by atoms with van der Waals surface area (Å²) in [6.07, 6.45) is 4.01. The molecule has 1 N–H and O–H groups in total. The highest BCUT2D eigenvalue weighted by Gasteiger charge is 2.30. The van der Waals surface area contributed by atoms with Gasteiger partial charge in [-0.05, 0) is 38.0 Å². The number of carbonyl (C=O) groups is 1. The first-order valence-electron chi connectivity index (χ1n) is 6.28. The van der Waals surface area contributed by atoms with Gasteiger partial charge in [-0.25, -0.2) is 8.42 Å². The van der Waals surface area contributed by atoms with Gasteiger partial charge in [0.1, 0.15) is 4.90 Å². The van der Waals surface area contributed by atoms with Crippen molar-refractivity contribution < 1.29 is 13.2 Å². The van der Waals surface area contributed by atoms with Crippen LogP contribution in [0.5, 0.6) is 0 Å². The molecule has 1 aliphatic rings. The van der Waals surface area contributed by atoms with Crippen LogP contribution in [0.1, 0.15) is 43.0 Å². The Labute approximate surface area is 127 Å². The maximum absolute atomic E-state index is 12.2. The van der Waals surface area contributed by atoms with E-state index in [0.29, 0.717) is 0 Å². The van der Waals surface area contributed by atoms with Crippen molar-refractivity contribution in [1.29, 1.82) is 0 Å². The Kier molecular flexibility index (Phi) is 4.33. The number of hydrogen-bond donors (Lipinski definition) is 1. The van der Waals surface area contributed by atoms with Crippen LogP contribution in [0, 0.1) is 0 Å². The van der Waals surface area contributed by atoms with Gasteiger partial charge in [-0.3, -0.25) is 4.79 Å². The van der Waals surface area contributed by atoms with Crippen LogP contribution >= 0.6 is 22.3 Å². The molecule has 110 valence electrons. The van der Waals surface area contributed by atoms with Gasteiger partial charge < -0.3 is 5.32 Å². The van der Waals surface area contributed by atoms with Gasteiger partial charge in [0.25, 0.3) is 15.0 Å². The van der Waals surface area contributed by atoms with Crippen LogP contribution in [0.3, 0.4) is 0 Å². The fourth-order valence-electron chi connectivity index (χ4n) is 2.46. The summed E-state index contributed by atoms with van der Waals surface area (Å²) in [7, 11) is 1.32. The van der Waals surface area contributed by atoms with Crippen molar-refractivity contribution >= 4 is 37.2 Å². The van der Waals surface area contributed by atoms with E-state index < -0.39 is 9.05 Å². The van der Waals surface area contributed by atoms with E-state index in [2.05, 4.69) is 5.32 Å². The van der Waals surface area contributed by atoms with Gasteiger partial charge in [-0.2, -0.15) is 0 Å². The highest BCUT2D eigenvalue weighted by Crippen LogP contribution is 2.30. The summed E-state index contributed by atoms with van der Waals surface area (Å²) in [6.45, 7) is 1.99. The van der Waals surface area contributed by atoms with Gasteiger partial charge in [-0.15, -0.1) is 0 Å². The van der Waals surface area contributed by atoms with Crippen molar-refractivity contribution in [3.63, 3.8) is 0 Å². The molecule has 0 aliphatic heterocycles. The molecule has 0 aromatic heterocycles. The number of benzene rings is 1. The minimum atomic E-state index is -3.97. The minimum Gasteiger partial charge on any atom is -0.347 e. The first-order chi connectivity index (χ1) is 9.21. The molecule has 1 aromatic rings. The van der Waals surface area contributed by atoms with E-state index in [4.69, 9.17) is 22.3 Å². The molecule has 4 nitrogen and oxygen atoms in total. The summed E-state index contributed by atoms with van der Waals surface area (Å²) in [5.41, 5.74) is 0.0123. The fourth-order valence-corrected chi connectivity index (χ4v) is 3.95. The molecule has 0 heterocycles. The summed E-state index contributed by atoms with van der Waals surface area (Å²) >= 11 is 5.79. The lowest BCUT2D eigenvalue weighted by Gasteiger charge is -2.25. The van der Waals surface area contributed by atoms with Crippen LogP contribution in [0.25, 0.3) is 0 Å². The summed E-state index contributed by atoms with van der Waals surface area (Å²) in [6, 6.07) is 4.06. The van der Waals surface area contributed by atoms with Crippen molar-refractivity contribution in [1.82, 2.24) is 5.32 Å². The van der Waals surface area contributed by atoms with E-state index in [0.717, 1.165) is 25.7 Å². The van der Waals surface area contributed by atoms with Gasteiger partial charge in [0.2, 0.25) is 0 Å². The van der Waals surface area contributed by atoms with Gasteiger partial charge in [0, 0.05) is 21.8 Å². The van der Waals surface area contributed by atoms with Gasteiger partial charge in [-0.1, -0.05) is 24.4 Å². The molecule has 7 heteroatoms. The SMILES string of the molecule is CC1(NC(=O)c2ccc(Cl)c(S(=O)(=O)Cl)c2)CCCC1. The fraction of sp³-hybridized carbons (Fsp3) is 0.462. The Balaban J connectivity index is 2.27. The molecule has 2 rings (SSSR count). The second kappa shape index (κ2) is 5.54. The molecule has 1 saturated carbocycles. The first-order valence-corrected chi connectivity index (χ1v) is 8.97. The third-order valence-electron chi connectivity index (χ3n) is 3.58. The van der Waals surface area contributed by atoms with E-state index in [1.807, 2.05) is 6.92 Å². The summed E-state index contributed by atoms with van der Waals surface area (Å²) in [5, 5.41) is 2.95. The monoisotopic (exact) mass is 335 g/mol. The zero-order chi connectivity index (χ0) is 15.0. The molecule has 20 heavy (non-hydrogen) atoms. The quantitative estimate of drug-likeness (QED) is 0.861. The lowest BCUT2D eigenvalue weighted by atomic mass is 10.00. The van der Waals surface area contributed by atoms with Gasteiger partial charge in [0.15, 0.2) is 0 Å². The molecule has 1 amide bonds. The number of halogens is 2. The third kappa shape index (κ3) is 3.45. The first kappa shape index (κ1) is 15.6. The average Bonchev–Trinajstić information content (AvgIpc) is 2.74. The summed E-state index contributed by atoms with van der Waals surface area (Å²) in [5.74, 6) is -0.312. The molecule has 0 unspecified atom stereocenters. The topological polar surface area (TPSA) is 63.2 Å². The zero-order valence-corrected chi connectivity index (χ0v) is 13.3. The predicted octanol–water partition coefficient (Wildman–Crippen LogP) is 3.33. The van der Waals surface area contributed by atoms with Crippen LogP contribution in [0.2, 0.25) is 5.02 Å². The number of amides is 1. The lowest BCUT2D eigenvalue weighted by molar-refractivity contribution is 0.0908.